The molecule has 8 heteroatoms. The first-order chi connectivity index (χ1) is 17.5. The number of rotatable bonds is 9. The Hall–Kier alpha value is -4.17. The minimum Gasteiger partial charge on any atom is -0.325 e. The Balaban J connectivity index is 1.32. The van der Waals surface area contributed by atoms with E-state index in [9.17, 15) is 9.59 Å². The minimum atomic E-state index is -0.205. The van der Waals surface area contributed by atoms with Crippen molar-refractivity contribution in [3.05, 3.63) is 96.1 Å². The number of nitrogens with zero attached hydrogens (tertiary/aromatic N) is 3. The monoisotopic (exact) mass is 497 g/mol. The molecular weight excluding hydrogens is 470 g/mol. The molecule has 4 rings (SSSR count). The van der Waals surface area contributed by atoms with E-state index in [1.54, 1.807) is 6.08 Å². The van der Waals surface area contributed by atoms with Gasteiger partial charge in [-0.15, -0.1) is 10.2 Å². The molecule has 1 aromatic heterocycles. The van der Waals surface area contributed by atoms with Crippen molar-refractivity contribution in [2.24, 2.45) is 7.05 Å². The zero-order valence-electron chi connectivity index (χ0n) is 20.1. The molecule has 0 unspecified atom stereocenters. The maximum absolute atomic E-state index is 12.4. The molecule has 36 heavy (non-hydrogen) atoms. The Labute approximate surface area is 214 Å². The van der Waals surface area contributed by atoms with Crippen molar-refractivity contribution in [3.63, 3.8) is 0 Å². The number of nitrogens with one attached hydrogen (secondary N) is 2. The molecule has 7 nitrogen and oxygen atoms in total. The van der Waals surface area contributed by atoms with Crippen LogP contribution in [-0.4, -0.2) is 32.3 Å². The smallest absolute Gasteiger partial charge is 0.248 e. The molecule has 182 valence electrons. The maximum Gasteiger partial charge on any atom is 0.248 e. The fourth-order valence-corrected chi connectivity index (χ4v) is 4.18. The van der Waals surface area contributed by atoms with Crippen molar-refractivity contribution in [2.75, 3.05) is 16.4 Å². The molecule has 4 aromatic rings. The highest BCUT2D eigenvalue weighted by atomic mass is 32.2. The Morgan fingerprint density at radius 1 is 0.889 bits per heavy atom. The van der Waals surface area contributed by atoms with Gasteiger partial charge >= 0.3 is 0 Å². The van der Waals surface area contributed by atoms with Gasteiger partial charge < -0.3 is 15.2 Å². The molecule has 1 heterocycles. The third kappa shape index (κ3) is 6.70. The molecule has 0 fully saturated rings. The van der Waals surface area contributed by atoms with E-state index < -0.39 is 0 Å². The van der Waals surface area contributed by atoms with Crippen LogP contribution in [0.5, 0.6) is 0 Å². The maximum atomic E-state index is 12.4. The lowest BCUT2D eigenvalue weighted by atomic mass is 10.1. The van der Waals surface area contributed by atoms with Gasteiger partial charge in [0.25, 0.3) is 0 Å². The molecule has 3 aromatic carbocycles. The van der Waals surface area contributed by atoms with Crippen molar-refractivity contribution < 1.29 is 9.59 Å². The second-order valence-electron chi connectivity index (χ2n) is 8.06. The van der Waals surface area contributed by atoms with Crippen LogP contribution >= 0.6 is 11.8 Å². The summed E-state index contributed by atoms with van der Waals surface area (Å²) in [4.78, 5) is 24.6. The third-order valence-corrected chi connectivity index (χ3v) is 6.47. The van der Waals surface area contributed by atoms with Crippen LogP contribution < -0.4 is 10.6 Å². The SMILES string of the molecule is CCc1ccc(NC(=O)CSc2nnc(-c3ccc(NC(=O)/C=C\c4ccccc4)cc3)n2C)cc1. The number of carbonyl (C=O) groups excluding carboxylic acids is 2. The second-order valence-corrected chi connectivity index (χ2v) is 9.01. The Morgan fingerprint density at radius 3 is 2.25 bits per heavy atom. The number of aryl methyl sites for hydroxylation is 1. The lowest BCUT2D eigenvalue weighted by Crippen LogP contribution is -2.14. The number of thioether (sulfide) groups is 1. The van der Waals surface area contributed by atoms with Crippen molar-refractivity contribution in [1.82, 2.24) is 14.8 Å². The van der Waals surface area contributed by atoms with Crippen LogP contribution in [-0.2, 0) is 23.1 Å². The van der Waals surface area contributed by atoms with Gasteiger partial charge in [0.2, 0.25) is 11.8 Å². The summed E-state index contributed by atoms with van der Waals surface area (Å²) in [7, 11) is 1.86. The summed E-state index contributed by atoms with van der Waals surface area (Å²) in [6, 6.07) is 24.9. The molecule has 0 aliphatic rings. The van der Waals surface area contributed by atoms with Crippen LogP contribution in [0.25, 0.3) is 17.5 Å². The highest BCUT2D eigenvalue weighted by Crippen LogP contribution is 2.24. The lowest BCUT2D eigenvalue weighted by molar-refractivity contribution is -0.114. The fraction of sp³-hybridized carbons (Fsp3) is 0.143. The van der Waals surface area contributed by atoms with E-state index in [1.807, 2.05) is 90.5 Å². The van der Waals surface area contributed by atoms with Crippen LogP contribution in [0.4, 0.5) is 11.4 Å². The number of aromatic nitrogens is 3. The molecule has 0 aliphatic heterocycles. The molecule has 0 spiro atoms. The Kier molecular flexibility index (Phi) is 8.31. The van der Waals surface area contributed by atoms with E-state index in [1.165, 1.54) is 23.4 Å². The lowest BCUT2D eigenvalue weighted by Gasteiger charge is -2.07. The summed E-state index contributed by atoms with van der Waals surface area (Å²) in [6.45, 7) is 2.09. The fourth-order valence-electron chi connectivity index (χ4n) is 3.47. The molecule has 0 aliphatic carbocycles. The molecule has 0 radical (unpaired) electrons. The average Bonchev–Trinajstić information content (AvgIpc) is 3.28. The summed E-state index contributed by atoms with van der Waals surface area (Å²) < 4.78 is 1.85. The first-order valence-electron chi connectivity index (χ1n) is 11.6. The first-order valence-corrected chi connectivity index (χ1v) is 12.6. The van der Waals surface area contributed by atoms with Crippen molar-refractivity contribution in [1.29, 1.82) is 0 Å². The average molecular weight is 498 g/mol. The van der Waals surface area contributed by atoms with Crippen molar-refractivity contribution in [2.45, 2.75) is 18.5 Å². The van der Waals surface area contributed by atoms with Crippen molar-refractivity contribution in [3.8, 4) is 11.4 Å². The topological polar surface area (TPSA) is 88.9 Å². The zero-order chi connectivity index (χ0) is 25.3. The van der Waals surface area contributed by atoms with Gasteiger partial charge in [-0.1, -0.05) is 61.2 Å². The summed E-state index contributed by atoms with van der Waals surface area (Å²) in [5, 5.41) is 14.9. The number of benzene rings is 3. The van der Waals surface area contributed by atoms with Crippen LogP contribution in [0.2, 0.25) is 0 Å². The van der Waals surface area contributed by atoms with Gasteiger partial charge in [0.15, 0.2) is 11.0 Å². The van der Waals surface area contributed by atoms with Crippen LogP contribution in [0.15, 0.2) is 90.1 Å². The van der Waals surface area contributed by atoms with E-state index in [2.05, 4.69) is 27.8 Å². The van der Waals surface area contributed by atoms with Crippen LogP contribution in [0.1, 0.15) is 18.1 Å². The molecule has 0 bridgehead atoms. The van der Waals surface area contributed by atoms with Gasteiger partial charge in [-0.3, -0.25) is 9.59 Å². The van der Waals surface area contributed by atoms with Crippen LogP contribution in [0, 0.1) is 0 Å². The Bertz CT molecular complexity index is 1350. The summed E-state index contributed by atoms with van der Waals surface area (Å²) in [6.07, 6.45) is 4.23. The summed E-state index contributed by atoms with van der Waals surface area (Å²) in [5.74, 6) is 0.594. The number of amides is 2. The molecule has 0 saturated carbocycles. The zero-order valence-corrected chi connectivity index (χ0v) is 21.0. The van der Waals surface area contributed by atoms with Gasteiger partial charge in [-0.25, -0.2) is 0 Å². The number of hydrogen-bond acceptors (Lipinski definition) is 5. The third-order valence-electron chi connectivity index (χ3n) is 5.45. The predicted octanol–water partition coefficient (Wildman–Crippen LogP) is 5.43. The van der Waals surface area contributed by atoms with Gasteiger partial charge in [0.05, 0.1) is 5.75 Å². The standard InChI is InChI=1S/C28H27N5O2S/c1-3-20-9-14-23(15-10-20)30-26(35)19-36-28-32-31-27(33(28)2)22-12-16-24(17-13-22)29-25(34)18-11-21-7-5-4-6-8-21/h4-18H,3,19H2,1-2H3,(H,29,34)(H,30,35)/b18-11-. The molecule has 2 N–H and O–H groups in total. The highest BCUT2D eigenvalue weighted by Gasteiger charge is 2.13. The highest BCUT2D eigenvalue weighted by molar-refractivity contribution is 7.99. The van der Waals surface area contributed by atoms with Crippen LogP contribution in [0.3, 0.4) is 0 Å². The van der Waals surface area contributed by atoms with E-state index in [0.29, 0.717) is 16.7 Å². The quantitative estimate of drug-likeness (QED) is 0.238. The van der Waals surface area contributed by atoms with E-state index in [0.717, 1.165) is 23.2 Å². The van der Waals surface area contributed by atoms with E-state index >= 15 is 0 Å². The molecule has 0 saturated heterocycles. The first kappa shape index (κ1) is 24.9. The summed E-state index contributed by atoms with van der Waals surface area (Å²) >= 11 is 1.33. The van der Waals surface area contributed by atoms with Gasteiger partial charge in [-0.2, -0.15) is 0 Å². The van der Waals surface area contributed by atoms with E-state index in [-0.39, 0.29) is 17.6 Å². The minimum absolute atomic E-state index is 0.102. The molecule has 2 amide bonds. The number of anilines is 2. The molecular formula is C28H27N5O2S. The van der Waals surface area contributed by atoms with Gasteiger partial charge in [0.1, 0.15) is 0 Å². The number of hydrogen-bond donors (Lipinski definition) is 2. The second kappa shape index (κ2) is 12.0. The van der Waals surface area contributed by atoms with Crippen molar-refractivity contribution >= 4 is 41.0 Å². The normalized spacial score (nSPS) is 10.9. The predicted molar refractivity (Wildman–Crippen MR) is 146 cm³/mol. The number of carbonyl (C=O) groups is 2. The van der Waals surface area contributed by atoms with Gasteiger partial charge in [0, 0.05) is 30.1 Å². The summed E-state index contributed by atoms with van der Waals surface area (Å²) in [5.41, 5.74) is 4.50. The molecule has 0 atom stereocenters. The largest absolute Gasteiger partial charge is 0.325 e. The Morgan fingerprint density at radius 2 is 1.56 bits per heavy atom. The van der Waals surface area contributed by atoms with Gasteiger partial charge in [-0.05, 0) is 60.0 Å². The van der Waals surface area contributed by atoms with E-state index in [4.69, 9.17) is 0 Å².